The van der Waals surface area contributed by atoms with E-state index in [-0.39, 0.29) is 17.7 Å². The van der Waals surface area contributed by atoms with Crippen molar-refractivity contribution in [2.45, 2.75) is 19.9 Å². The zero-order valence-corrected chi connectivity index (χ0v) is 24.9. The monoisotopic (exact) mass is 582 g/mol. The number of fused-ring (bicyclic) bond motifs is 1. The van der Waals surface area contributed by atoms with E-state index in [4.69, 9.17) is 23.4 Å². The van der Waals surface area contributed by atoms with Gasteiger partial charge in [-0.1, -0.05) is 11.3 Å². The largest absolute Gasteiger partial charge is 0.493 e. The molecule has 0 aliphatic carbocycles. The van der Waals surface area contributed by atoms with Gasteiger partial charge in [0.2, 0.25) is 5.75 Å². The van der Waals surface area contributed by atoms with E-state index in [1.807, 2.05) is 12.1 Å². The molecule has 0 radical (unpaired) electrons. The van der Waals surface area contributed by atoms with Crippen LogP contribution in [0.15, 0.2) is 49.7 Å². The van der Waals surface area contributed by atoms with Crippen molar-refractivity contribution in [3.05, 3.63) is 66.5 Å². The molecule has 4 heterocycles. The summed E-state index contributed by atoms with van der Waals surface area (Å²) >= 11 is 1.23. The van der Waals surface area contributed by atoms with E-state index in [1.54, 1.807) is 32.1 Å². The lowest BCUT2D eigenvalue weighted by Crippen LogP contribution is -2.44. The summed E-state index contributed by atoms with van der Waals surface area (Å²) in [5.74, 6) is 1.98. The summed E-state index contributed by atoms with van der Waals surface area (Å²) in [5, 5.41) is 0. The Hall–Kier alpha value is -4.03. The normalized spacial score (nSPS) is 17.8. The number of ether oxygens (including phenoxy) is 4. The second-order valence-electron chi connectivity index (χ2n) is 9.73. The number of carbonyl (C=O) groups excluding carboxylic acids is 1. The molecule has 1 saturated heterocycles. The van der Waals surface area contributed by atoms with Gasteiger partial charge in [0.25, 0.3) is 5.56 Å². The molecule has 12 heteroatoms. The van der Waals surface area contributed by atoms with Gasteiger partial charge < -0.3 is 33.2 Å². The van der Waals surface area contributed by atoms with Crippen LogP contribution in [-0.2, 0) is 9.53 Å². The number of esters is 1. The van der Waals surface area contributed by atoms with Gasteiger partial charge in [-0.3, -0.25) is 9.36 Å². The number of allylic oxidation sites excluding steroid dienone is 1. The van der Waals surface area contributed by atoms with Crippen molar-refractivity contribution in [2.75, 3.05) is 66.1 Å². The van der Waals surface area contributed by atoms with Gasteiger partial charge in [-0.25, -0.2) is 9.79 Å². The fraction of sp³-hybridized carbons (Fsp3) is 0.414. The van der Waals surface area contributed by atoms with E-state index in [0.717, 1.165) is 32.1 Å². The molecule has 0 amide bonds. The Balaban J connectivity index is 1.64. The average molecular weight is 583 g/mol. The summed E-state index contributed by atoms with van der Waals surface area (Å²) in [6, 6.07) is 6.42. The first-order valence-corrected chi connectivity index (χ1v) is 14.1. The molecule has 2 aliphatic heterocycles. The number of piperazine rings is 1. The molecule has 218 valence electrons. The highest BCUT2D eigenvalue weighted by Crippen LogP contribution is 2.42. The van der Waals surface area contributed by atoms with Crippen LogP contribution in [0, 0.1) is 0 Å². The molecule has 3 aromatic rings. The number of aromatic nitrogens is 1. The Kier molecular flexibility index (Phi) is 8.22. The fourth-order valence-electron chi connectivity index (χ4n) is 5.11. The van der Waals surface area contributed by atoms with Crippen LogP contribution in [0.1, 0.15) is 31.2 Å². The summed E-state index contributed by atoms with van der Waals surface area (Å²) in [7, 11) is 6.64. The van der Waals surface area contributed by atoms with Gasteiger partial charge in [-0.15, -0.1) is 0 Å². The average Bonchev–Trinajstić information content (AvgIpc) is 3.56. The van der Waals surface area contributed by atoms with Crippen molar-refractivity contribution >= 4 is 29.3 Å². The third-order valence-corrected chi connectivity index (χ3v) is 8.20. The summed E-state index contributed by atoms with van der Waals surface area (Å²) in [6.45, 7) is 7.30. The number of methoxy groups -OCH3 is 3. The molecule has 41 heavy (non-hydrogen) atoms. The molecule has 0 spiro atoms. The molecule has 5 rings (SSSR count). The molecule has 1 aromatic carbocycles. The maximum absolute atomic E-state index is 14.0. The zero-order chi connectivity index (χ0) is 29.3. The lowest BCUT2D eigenvalue weighted by Gasteiger charge is -2.32. The molecular formula is C29H34N4O7S. The Morgan fingerprint density at radius 2 is 1.78 bits per heavy atom. The number of carbonyl (C=O) groups is 1. The van der Waals surface area contributed by atoms with Gasteiger partial charge in [0.1, 0.15) is 5.76 Å². The van der Waals surface area contributed by atoms with E-state index < -0.39 is 12.0 Å². The third kappa shape index (κ3) is 5.36. The quantitative estimate of drug-likeness (QED) is 0.369. The van der Waals surface area contributed by atoms with Crippen LogP contribution in [0.4, 0.5) is 5.88 Å². The fourth-order valence-corrected chi connectivity index (χ4v) is 6.14. The van der Waals surface area contributed by atoms with Crippen molar-refractivity contribution in [2.24, 2.45) is 4.99 Å². The zero-order valence-electron chi connectivity index (χ0n) is 24.1. The standard InChI is InChI=1S/C29H34N4O7S/c1-7-39-28(35)24-17(2)30-29-33(25(24)18-14-20(36-4)26(38-6)21(15-18)37-5)27(34)22(41-29)16-19-8-9-23(40-19)32-12-10-31(3)11-13-32/h8-9,14-16,25H,7,10-13H2,1-6H3/b22-16-. The van der Waals surface area contributed by atoms with Crippen molar-refractivity contribution < 1.29 is 28.2 Å². The number of benzene rings is 1. The van der Waals surface area contributed by atoms with Crippen LogP contribution in [0.3, 0.4) is 0 Å². The Labute approximate surface area is 241 Å². The lowest BCUT2D eigenvalue weighted by atomic mass is 9.95. The molecule has 11 nitrogen and oxygen atoms in total. The number of hydrogen-bond acceptors (Lipinski definition) is 11. The molecule has 0 N–H and O–H groups in total. The molecule has 2 aromatic heterocycles. The van der Waals surface area contributed by atoms with E-state index in [9.17, 15) is 9.59 Å². The molecular weight excluding hydrogens is 548 g/mol. The van der Waals surface area contributed by atoms with Crippen LogP contribution in [0.2, 0.25) is 0 Å². The lowest BCUT2D eigenvalue weighted by molar-refractivity contribution is -0.139. The second kappa shape index (κ2) is 11.8. The Morgan fingerprint density at radius 3 is 2.39 bits per heavy atom. The molecule has 1 atom stereocenters. The highest BCUT2D eigenvalue weighted by molar-refractivity contribution is 7.07. The van der Waals surface area contributed by atoms with Gasteiger partial charge in [0, 0.05) is 38.3 Å². The predicted molar refractivity (Wildman–Crippen MR) is 155 cm³/mol. The minimum absolute atomic E-state index is 0.177. The summed E-state index contributed by atoms with van der Waals surface area (Å²) < 4.78 is 30.1. The molecule has 0 saturated carbocycles. The van der Waals surface area contributed by atoms with Gasteiger partial charge in [0.15, 0.2) is 22.2 Å². The summed E-state index contributed by atoms with van der Waals surface area (Å²) in [4.78, 5) is 36.8. The third-order valence-electron chi connectivity index (χ3n) is 7.22. The van der Waals surface area contributed by atoms with Crippen molar-refractivity contribution in [1.82, 2.24) is 9.47 Å². The number of furan rings is 1. The summed E-state index contributed by atoms with van der Waals surface area (Å²) in [5.41, 5.74) is 1.000. The SMILES string of the molecule is CCOC(=O)C1=C(C)N=c2s/c(=C\c3ccc(N4CCN(C)CC4)o3)c(=O)n2C1c1cc(OC)c(OC)c(OC)c1. The van der Waals surface area contributed by atoms with Gasteiger partial charge in [-0.2, -0.15) is 0 Å². The second-order valence-corrected chi connectivity index (χ2v) is 10.7. The number of hydrogen-bond donors (Lipinski definition) is 0. The molecule has 0 bridgehead atoms. The van der Waals surface area contributed by atoms with Crippen molar-refractivity contribution in [3.63, 3.8) is 0 Å². The maximum atomic E-state index is 14.0. The van der Waals surface area contributed by atoms with E-state index in [0.29, 0.717) is 43.6 Å². The minimum Gasteiger partial charge on any atom is -0.493 e. The number of likely N-dealkylation sites (N-methyl/N-ethyl adjacent to an activating group) is 1. The van der Waals surface area contributed by atoms with E-state index >= 15 is 0 Å². The first-order chi connectivity index (χ1) is 19.8. The van der Waals surface area contributed by atoms with Crippen LogP contribution in [0.25, 0.3) is 6.08 Å². The van der Waals surface area contributed by atoms with Gasteiger partial charge in [-0.05, 0) is 44.7 Å². The highest BCUT2D eigenvalue weighted by atomic mass is 32.1. The van der Waals surface area contributed by atoms with Gasteiger partial charge in [0.05, 0.1) is 49.8 Å². The van der Waals surface area contributed by atoms with E-state index in [2.05, 4.69) is 21.8 Å². The molecule has 2 aliphatic rings. The Morgan fingerprint density at radius 1 is 1.10 bits per heavy atom. The van der Waals surface area contributed by atoms with Crippen molar-refractivity contribution in [1.29, 1.82) is 0 Å². The molecule has 1 unspecified atom stereocenters. The topological polar surface area (TPSA) is 108 Å². The smallest absolute Gasteiger partial charge is 0.338 e. The maximum Gasteiger partial charge on any atom is 0.338 e. The number of thiazole rings is 1. The Bertz CT molecular complexity index is 1640. The molecule has 1 fully saturated rings. The first kappa shape index (κ1) is 28.5. The minimum atomic E-state index is -0.835. The number of nitrogens with zero attached hydrogens (tertiary/aromatic N) is 4. The summed E-state index contributed by atoms with van der Waals surface area (Å²) in [6.07, 6.45) is 1.72. The van der Waals surface area contributed by atoms with Gasteiger partial charge >= 0.3 is 5.97 Å². The first-order valence-electron chi connectivity index (χ1n) is 13.3. The highest BCUT2D eigenvalue weighted by Gasteiger charge is 2.34. The van der Waals surface area contributed by atoms with Crippen LogP contribution in [-0.4, -0.2) is 76.6 Å². The number of rotatable bonds is 8. The van der Waals surface area contributed by atoms with Crippen LogP contribution < -0.4 is 34.0 Å². The van der Waals surface area contributed by atoms with Crippen molar-refractivity contribution in [3.8, 4) is 17.2 Å². The van der Waals surface area contributed by atoms with Crippen LogP contribution in [0.5, 0.6) is 17.2 Å². The van der Waals surface area contributed by atoms with Crippen LogP contribution >= 0.6 is 11.3 Å². The number of anilines is 1. The van der Waals surface area contributed by atoms with E-state index in [1.165, 1.54) is 37.2 Å². The predicted octanol–water partition coefficient (Wildman–Crippen LogP) is 2.17.